The summed E-state index contributed by atoms with van der Waals surface area (Å²) in [5, 5.41) is 11.4. The number of nitriles is 1. The normalized spacial score (nSPS) is 9.86. The fourth-order valence-corrected chi connectivity index (χ4v) is 2.10. The third-order valence-corrected chi connectivity index (χ3v) is 3.91. The van der Waals surface area contributed by atoms with Crippen LogP contribution >= 0.6 is 15.9 Å². The van der Waals surface area contributed by atoms with Crippen molar-refractivity contribution >= 4 is 27.5 Å². The van der Waals surface area contributed by atoms with Gasteiger partial charge in [-0.2, -0.15) is 5.26 Å². The summed E-state index contributed by atoms with van der Waals surface area (Å²) in [5.41, 5.74) is 2.65. The van der Waals surface area contributed by atoms with Gasteiger partial charge in [-0.1, -0.05) is 28.1 Å². The summed E-state index contributed by atoms with van der Waals surface area (Å²) in [6, 6.07) is 14.8. The number of ether oxygens (including phenoxy) is 1. The summed E-state index contributed by atoms with van der Waals surface area (Å²) in [7, 11) is 0. The van der Waals surface area contributed by atoms with Crippen molar-refractivity contribution in [3.05, 3.63) is 58.1 Å². The highest BCUT2D eigenvalue weighted by Gasteiger charge is 2.05. The van der Waals surface area contributed by atoms with Crippen LogP contribution in [-0.2, 0) is 11.2 Å². The number of hydrogen-bond donors (Lipinski definition) is 1. The number of hydrogen-bond acceptors (Lipinski definition) is 3. The minimum absolute atomic E-state index is 0.0545. The monoisotopic (exact) mass is 358 g/mol. The van der Waals surface area contributed by atoms with E-state index in [4.69, 9.17) is 10.00 Å². The van der Waals surface area contributed by atoms with E-state index in [1.807, 2.05) is 31.2 Å². The topological polar surface area (TPSA) is 62.1 Å². The van der Waals surface area contributed by atoms with Gasteiger partial charge in [0.2, 0.25) is 0 Å². The van der Waals surface area contributed by atoms with E-state index in [2.05, 4.69) is 27.3 Å². The summed E-state index contributed by atoms with van der Waals surface area (Å²) >= 11 is 3.42. The Morgan fingerprint density at radius 2 is 2.00 bits per heavy atom. The lowest BCUT2D eigenvalue weighted by atomic mass is 10.1. The van der Waals surface area contributed by atoms with Gasteiger partial charge in [0.15, 0.2) is 6.61 Å². The number of anilines is 1. The maximum absolute atomic E-state index is 11.9. The molecule has 0 aliphatic carbocycles. The van der Waals surface area contributed by atoms with Gasteiger partial charge in [0.1, 0.15) is 5.75 Å². The van der Waals surface area contributed by atoms with Crippen LogP contribution < -0.4 is 10.1 Å². The molecule has 1 amide bonds. The van der Waals surface area contributed by atoms with Crippen LogP contribution in [0.5, 0.6) is 5.75 Å². The van der Waals surface area contributed by atoms with Crippen molar-refractivity contribution in [2.75, 3.05) is 11.9 Å². The summed E-state index contributed by atoms with van der Waals surface area (Å²) in [6.07, 6.45) is 0.361. The van der Waals surface area contributed by atoms with Gasteiger partial charge in [-0.15, -0.1) is 0 Å². The first-order chi connectivity index (χ1) is 10.6. The largest absolute Gasteiger partial charge is 0.484 e. The van der Waals surface area contributed by atoms with E-state index in [1.54, 1.807) is 18.2 Å². The molecule has 112 valence electrons. The second-order valence-corrected chi connectivity index (χ2v) is 5.63. The van der Waals surface area contributed by atoms with Crippen LogP contribution in [-0.4, -0.2) is 12.5 Å². The van der Waals surface area contributed by atoms with Crippen molar-refractivity contribution in [3.63, 3.8) is 0 Å². The van der Waals surface area contributed by atoms with Crippen molar-refractivity contribution in [1.29, 1.82) is 5.26 Å². The van der Waals surface area contributed by atoms with Crippen LogP contribution in [0, 0.1) is 18.3 Å². The van der Waals surface area contributed by atoms with E-state index in [9.17, 15) is 4.79 Å². The first kappa shape index (κ1) is 16.1. The number of rotatable bonds is 5. The molecule has 22 heavy (non-hydrogen) atoms. The lowest BCUT2D eigenvalue weighted by Gasteiger charge is -2.09. The van der Waals surface area contributed by atoms with E-state index < -0.39 is 0 Å². The Kier molecular flexibility index (Phi) is 5.56. The van der Waals surface area contributed by atoms with Gasteiger partial charge in [-0.05, 0) is 48.4 Å². The first-order valence-corrected chi connectivity index (χ1v) is 7.52. The zero-order valence-electron chi connectivity index (χ0n) is 12.1. The summed E-state index contributed by atoms with van der Waals surface area (Å²) in [4.78, 5) is 11.9. The van der Waals surface area contributed by atoms with Crippen molar-refractivity contribution in [1.82, 2.24) is 0 Å². The quantitative estimate of drug-likeness (QED) is 0.882. The Bertz CT molecular complexity index is 706. The molecule has 2 aromatic carbocycles. The van der Waals surface area contributed by atoms with Gasteiger partial charge < -0.3 is 10.1 Å². The van der Waals surface area contributed by atoms with Crippen LogP contribution in [0.1, 0.15) is 11.1 Å². The number of carbonyl (C=O) groups is 1. The predicted molar refractivity (Wildman–Crippen MR) is 88.8 cm³/mol. The van der Waals surface area contributed by atoms with E-state index in [0.717, 1.165) is 15.6 Å². The Hall–Kier alpha value is -2.32. The minimum Gasteiger partial charge on any atom is -0.484 e. The molecule has 0 aromatic heterocycles. The fourth-order valence-electron chi connectivity index (χ4n) is 1.85. The van der Waals surface area contributed by atoms with Crippen molar-refractivity contribution in [2.24, 2.45) is 0 Å². The third kappa shape index (κ3) is 4.61. The molecule has 5 heteroatoms. The van der Waals surface area contributed by atoms with Crippen LogP contribution in [0.15, 0.2) is 46.9 Å². The van der Waals surface area contributed by atoms with Crippen LogP contribution in [0.4, 0.5) is 5.69 Å². The van der Waals surface area contributed by atoms with Gasteiger partial charge in [0.25, 0.3) is 5.91 Å². The molecule has 0 atom stereocenters. The van der Waals surface area contributed by atoms with E-state index in [1.165, 1.54) is 0 Å². The minimum atomic E-state index is -0.228. The molecule has 4 nitrogen and oxygen atoms in total. The van der Waals surface area contributed by atoms with Gasteiger partial charge in [-0.25, -0.2) is 0 Å². The number of nitrogens with one attached hydrogen (secondary N) is 1. The second-order valence-electron chi connectivity index (χ2n) is 4.78. The molecule has 0 heterocycles. The van der Waals surface area contributed by atoms with Crippen molar-refractivity contribution in [2.45, 2.75) is 13.3 Å². The first-order valence-electron chi connectivity index (χ1n) is 6.73. The standard InChI is InChI=1S/C17H15BrN2O2/c1-12-10-15(6-7-16(12)18)22-11-17(21)20-14-4-2-13(3-5-14)8-9-19/h2-7,10H,8,11H2,1H3,(H,20,21). The fraction of sp³-hybridized carbons (Fsp3) is 0.176. The third-order valence-electron chi connectivity index (χ3n) is 3.02. The molecule has 2 rings (SSSR count). The van der Waals surface area contributed by atoms with E-state index in [-0.39, 0.29) is 12.5 Å². The average molecular weight is 359 g/mol. The van der Waals surface area contributed by atoms with Gasteiger partial charge in [0.05, 0.1) is 12.5 Å². The molecule has 0 radical (unpaired) electrons. The molecule has 0 fully saturated rings. The van der Waals surface area contributed by atoms with Crippen molar-refractivity contribution < 1.29 is 9.53 Å². The highest BCUT2D eigenvalue weighted by Crippen LogP contribution is 2.21. The Labute approximate surface area is 137 Å². The number of carbonyl (C=O) groups excluding carboxylic acids is 1. The molecular formula is C17H15BrN2O2. The Morgan fingerprint density at radius 3 is 2.64 bits per heavy atom. The van der Waals surface area contributed by atoms with Gasteiger partial charge >= 0.3 is 0 Å². The van der Waals surface area contributed by atoms with Gasteiger partial charge in [-0.3, -0.25) is 4.79 Å². The zero-order chi connectivity index (χ0) is 15.9. The van der Waals surface area contributed by atoms with Crippen LogP contribution in [0.2, 0.25) is 0 Å². The summed E-state index contributed by atoms with van der Waals surface area (Å²) < 4.78 is 6.46. The van der Waals surface area contributed by atoms with E-state index in [0.29, 0.717) is 17.9 Å². The number of nitrogens with zero attached hydrogens (tertiary/aromatic N) is 1. The molecule has 2 aromatic rings. The molecule has 0 aliphatic rings. The maximum atomic E-state index is 11.9. The van der Waals surface area contributed by atoms with Gasteiger partial charge in [0, 0.05) is 10.2 Å². The molecule has 0 aliphatic heterocycles. The highest BCUT2D eigenvalue weighted by atomic mass is 79.9. The second kappa shape index (κ2) is 7.62. The Morgan fingerprint density at radius 1 is 1.27 bits per heavy atom. The molecular weight excluding hydrogens is 344 g/mol. The smallest absolute Gasteiger partial charge is 0.262 e. The predicted octanol–water partition coefficient (Wildman–Crippen LogP) is 3.84. The number of amides is 1. The molecule has 0 saturated carbocycles. The Balaban J connectivity index is 1.87. The molecule has 1 N–H and O–H groups in total. The highest BCUT2D eigenvalue weighted by molar-refractivity contribution is 9.10. The summed E-state index contributed by atoms with van der Waals surface area (Å²) in [5.74, 6) is 0.425. The van der Waals surface area contributed by atoms with Crippen molar-refractivity contribution in [3.8, 4) is 11.8 Å². The zero-order valence-corrected chi connectivity index (χ0v) is 13.7. The molecule has 0 spiro atoms. The summed E-state index contributed by atoms with van der Waals surface area (Å²) in [6.45, 7) is 1.90. The maximum Gasteiger partial charge on any atom is 0.262 e. The molecule has 0 unspecified atom stereocenters. The average Bonchev–Trinajstić information content (AvgIpc) is 2.51. The van der Waals surface area contributed by atoms with Crippen LogP contribution in [0.25, 0.3) is 0 Å². The SMILES string of the molecule is Cc1cc(OCC(=O)Nc2ccc(CC#N)cc2)ccc1Br. The number of aryl methyl sites for hydroxylation is 1. The lowest BCUT2D eigenvalue weighted by Crippen LogP contribution is -2.20. The number of halogens is 1. The molecule has 0 saturated heterocycles. The number of benzene rings is 2. The molecule has 0 bridgehead atoms. The van der Waals surface area contributed by atoms with E-state index >= 15 is 0 Å². The lowest BCUT2D eigenvalue weighted by molar-refractivity contribution is -0.118. The van der Waals surface area contributed by atoms with Crippen LogP contribution in [0.3, 0.4) is 0 Å².